The van der Waals surface area contributed by atoms with Crippen molar-refractivity contribution < 1.29 is 22.4 Å². The van der Waals surface area contributed by atoms with Crippen molar-refractivity contribution >= 4 is 17.5 Å². The van der Waals surface area contributed by atoms with Crippen LogP contribution < -0.4 is 5.32 Å². The molecule has 2 aromatic rings. The van der Waals surface area contributed by atoms with Crippen LogP contribution in [0.4, 0.5) is 17.6 Å². The van der Waals surface area contributed by atoms with E-state index in [-0.39, 0.29) is 34.9 Å². The molecule has 0 spiro atoms. The van der Waals surface area contributed by atoms with Crippen LogP contribution in [0, 0.1) is 5.82 Å². The summed E-state index contributed by atoms with van der Waals surface area (Å²) in [6.45, 7) is 0.0304. The molecule has 0 fully saturated rings. The molecular weight excluding hydrogens is 386 g/mol. The van der Waals surface area contributed by atoms with E-state index in [0.717, 1.165) is 18.6 Å². The van der Waals surface area contributed by atoms with Crippen molar-refractivity contribution in [1.82, 2.24) is 15.3 Å². The molecule has 1 aliphatic rings. The molecule has 144 valence electrons. The van der Waals surface area contributed by atoms with E-state index >= 15 is 0 Å². The first-order chi connectivity index (χ1) is 12.8. The molecule has 9 heteroatoms. The Bertz CT molecular complexity index is 870. The number of carbonyl (C=O) groups is 1. The zero-order valence-electron chi connectivity index (χ0n) is 14.2. The molecule has 0 unspecified atom stereocenters. The second-order valence-electron chi connectivity index (χ2n) is 6.25. The summed E-state index contributed by atoms with van der Waals surface area (Å²) < 4.78 is 52.9. The maximum Gasteiger partial charge on any atom is 0.433 e. The highest BCUT2D eigenvalue weighted by Gasteiger charge is 2.37. The minimum absolute atomic E-state index is 0.0304. The van der Waals surface area contributed by atoms with Gasteiger partial charge in [0.2, 0.25) is 0 Å². The number of fused-ring (bicyclic) bond motifs is 1. The standard InChI is InChI=1S/C18H16ClF4N3O/c19-13-9-10(20)5-6-11(13)17(27)24-8-7-15-25-14-4-2-1-3-12(14)16(26-15)18(21,22)23/h5-6,9H,1-4,7-8H2,(H,24,27). The lowest BCUT2D eigenvalue weighted by Crippen LogP contribution is -2.27. The predicted octanol–water partition coefficient (Wildman–Crippen LogP) is 4.14. The molecule has 0 atom stereocenters. The fourth-order valence-corrected chi connectivity index (χ4v) is 3.30. The quantitative estimate of drug-likeness (QED) is 0.783. The highest BCUT2D eigenvalue weighted by atomic mass is 35.5. The molecule has 4 nitrogen and oxygen atoms in total. The van der Waals surface area contributed by atoms with Crippen molar-refractivity contribution in [1.29, 1.82) is 0 Å². The Balaban J connectivity index is 1.72. The first-order valence-electron chi connectivity index (χ1n) is 8.45. The van der Waals surface area contributed by atoms with Crippen LogP contribution in [0.1, 0.15) is 46.0 Å². The molecule has 0 saturated heterocycles. The van der Waals surface area contributed by atoms with Crippen molar-refractivity contribution in [2.45, 2.75) is 38.3 Å². The molecule has 0 radical (unpaired) electrons. The van der Waals surface area contributed by atoms with Gasteiger partial charge in [-0.1, -0.05) is 11.6 Å². The Morgan fingerprint density at radius 3 is 2.63 bits per heavy atom. The number of nitrogens with one attached hydrogen (secondary N) is 1. The summed E-state index contributed by atoms with van der Waals surface area (Å²) in [5.74, 6) is -1.08. The largest absolute Gasteiger partial charge is 0.433 e. The minimum atomic E-state index is -4.54. The molecule has 0 aliphatic heterocycles. The summed E-state index contributed by atoms with van der Waals surface area (Å²) in [5, 5.41) is 2.49. The number of amides is 1. The third-order valence-electron chi connectivity index (χ3n) is 4.31. The van der Waals surface area contributed by atoms with Gasteiger partial charge in [0.1, 0.15) is 11.6 Å². The van der Waals surface area contributed by atoms with E-state index in [1.807, 2.05) is 0 Å². The Morgan fingerprint density at radius 1 is 1.19 bits per heavy atom. The molecule has 1 heterocycles. The summed E-state index contributed by atoms with van der Waals surface area (Å²) in [6.07, 6.45) is -2.20. The highest BCUT2D eigenvalue weighted by Crippen LogP contribution is 2.34. The lowest BCUT2D eigenvalue weighted by molar-refractivity contribution is -0.142. The van der Waals surface area contributed by atoms with Crippen LogP contribution in [0.5, 0.6) is 0 Å². The Kier molecular flexibility index (Phi) is 5.64. The molecule has 27 heavy (non-hydrogen) atoms. The van der Waals surface area contributed by atoms with Gasteiger partial charge >= 0.3 is 6.18 Å². The van der Waals surface area contributed by atoms with Gasteiger partial charge in [0.15, 0.2) is 5.69 Å². The smallest absolute Gasteiger partial charge is 0.352 e. The van der Waals surface area contributed by atoms with Gasteiger partial charge in [0, 0.05) is 24.2 Å². The van der Waals surface area contributed by atoms with Gasteiger partial charge in [-0.3, -0.25) is 4.79 Å². The van der Waals surface area contributed by atoms with E-state index in [0.29, 0.717) is 25.0 Å². The lowest BCUT2D eigenvalue weighted by Gasteiger charge is -2.20. The molecule has 0 saturated carbocycles. The van der Waals surface area contributed by atoms with E-state index in [1.54, 1.807) is 0 Å². The highest BCUT2D eigenvalue weighted by molar-refractivity contribution is 6.33. The number of alkyl halides is 3. The van der Waals surface area contributed by atoms with Crippen LogP contribution in [0.25, 0.3) is 0 Å². The molecule has 1 aromatic heterocycles. The van der Waals surface area contributed by atoms with Crippen molar-refractivity contribution in [3.8, 4) is 0 Å². The first kappa shape index (κ1) is 19.5. The van der Waals surface area contributed by atoms with Gasteiger partial charge in [0.05, 0.1) is 10.6 Å². The number of aromatic nitrogens is 2. The average Bonchev–Trinajstić information content (AvgIpc) is 2.60. The Morgan fingerprint density at radius 2 is 1.93 bits per heavy atom. The third-order valence-corrected chi connectivity index (χ3v) is 4.62. The normalized spacial score (nSPS) is 14.0. The molecule has 3 rings (SSSR count). The SMILES string of the molecule is O=C(NCCc1nc2c(c(C(F)(F)F)n1)CCCC2)c1ccc(F)cc1Cl. The van der Waals surface area contributed by atoms with E-state index in [4.69, 9.17) is 11.6 Å². The minimum Gasteiger partial charge on any atom is -0.352 e. The van der Waals surface area contributed by atoms with Crippen LogP contribution in [0.15, 0.2) is 18.2 Å². The van der Waals surface area contributed by atoms with Crippen LogP contribution in [-0.2, 0) is 25.4 Å². The Labute approximate surface area is 158 Å². The molecule has 1 aromatic carbocycles. The van der Waals surface area contributed by atoms with Crippen molar-refractivity contribution in [3.05, 3.63) is 57.4 Å². The zero-order valence-corrected chi connectivity index (χ0v) is 14.9. The maximum atomic E-state index is 13.3. The molecule has 1 aliphatic carbocycles. The van der Waals surface area contributed by atoms with Gasteiger partial charge in [-0.05, 0) is 43.9 Å². The van der Waals surface area contributed by atoms with E-state index in [2.05, 4.69) is 15.3 Å². The number of hydrogen-bond acceptors (Lipinski definition) is 3. The van der Waals surface area contributed by atoms with Gasteiger partial charge < -0.3 is 5.32 Å². The fourth-order valence-electron chi connectivity index (χ4n) is 3.05. The van der Waals surface area contributed by atoms with Gasteiger partial charge in [-0.2, -0.15) is 13.2 Å². The fraction of sp³-hybridized carbons (Fsp3) is 0.389. The van der Waals surface area contributed by atoms with Gasteiger partial charge in [-0.15, -0.1) is 0 Å². The molecule has 0 bridgehead atoms. The first-order valence-corrected chi connectivity index (χ1v) is 8.82. The second-order valence-corrected chi connectivity index (χ2v) is 6.66. The average molecular weight is 402 g/mol. The van der Waals surface area contributed by atoms with E-state index < -0.39 is 23.6 Å². The number of aryl methyl sites for hydroxylation is 1. The molecule has 1 N–H and O–H groups in total. The summed E-state index contributed by atoms with van der Waals surface area (Å²) in [4.78, 5) is 20.0. The summed E-state index contributed by atoms with van der Waals surface area (Å²) in [5.41, 5.74) is -0.179. The lowest BCUT2D eigenvalue weighted by atomic mass is 9.94. The number of nitrogens with zero attached hydrogens (tertiary/aromatic N) is 2. The molecule has 1 amide bonds. The summed E-state index contributed by atoms with van der Waals surface area (Å²) in [6, 6.07) is 3.35. The number of hydrogen-bond donors (Lipinski definition) is 1. The second kappa shape index (κ2) is 7.80. The van der Waals surface area contributed by atoms with E-state index in [1.165, 1.54) is 6.07 Å². The van der Waals surface area contributed by atoms with Gasteiger partial charge in [0.25, 0.3) is 5.91 Å². The predicted molar refractivity (Wildman–Crippen MR) is 91.1 cm³/mol. The number of carbonyl (C=O) groups excluding carboxylic acids is 1. The Hall–Kier alpha value is -2.22. The van der Waals surface area contributed by atoms with Crippen LogP contribution in [0.3, 0.4) is 0 Å². The zero-order chi connectivity index (χ0) is 19.6. The number of rotatable bonds is 4. The maximum absolute atomic E-state index is 13.3. The summed E-state index contributed by atoms with van der Waals surface area (Å²) in [7, 11) is 0. The van der Waals surface area contributed by atoms with Crippen LogP contribution in [-0.4, -0.2) is 22.4 Å². The number of halogens is 5. The summed E-state index contributed by atoms with van der Waals surface area (Å²) >= 11 is 5.82. The van der Waals surface area contributed by atoms with Crippen LogP contribution in [0.2, 0.25) is 5.02 Å². The molecular formula is C18H16ClF4N3O. The van der Waals surface area contributed by atoms with E-state index in [9.17, 15) is 22.4 Å². The third kappa shape index (κ3) is 4.55. The van der Waals surface area contributed by atoms with Crippen molar-refractivity contribution in [2.75, 3.05) is 6.54 Å². The van der Waals surface area contributed by atoms with Crippen LogP contribution >= 0.6 is 11.6 Å². The van der Waals surface area contributed by atoms with Crippen molar-refractivity contribution in [2.24, 2.45) is 0 Å². The monoisotopic (exact) mass is 401 g/mol. The van der Waals surface area contributed by atoms with Crippen molar-refractivity contribution in [3.63, 3.8) is 0 Å². The van der Waals surface area contributed by atoms with Gasteiger partial charge in [-0.25, -0.2) is 14.4 Å². The number of benzene rings is 1. The topological polar surface area (TPSA) is 54.9 Å².